The van der Waals surface area contributed by atoms with Crippen molar-refractivity contribution in [3.05, 3.63) is 0 Å². The number of guanidine groups is 1. The fraction of sp³-hybridized carbons (Fsp3) is 0.947. The first-order valence-corrected chi connectivity index (χ1v) is 10.1. The number of rotatable bonds is 10. The Balaban J connectivity index is 0.00000338. The number of likely N-dealkylation sites (tertiary alicyclic amines) is 1. The van der Waals surface area contributed by atoms with Gasteiger partial charge >= 0.3 is 0 Å². The summed E-state index contributed by atoms with van der Waals surface area (Å²) in [5, 5.41) is 6.88. The van der Waals surface area contributed by atoms with E-state index in [-0.39, 0.29) is 24.0 Å². The van der Waals surface area contributed by atoms with Gasteiger partial charge in [0, 0.05) is 46.4 Å². The average Bonchev–Trinajstić information content (AvgIpc) is 3.10. The minimum absolute atomic E-state index is 0. The molecule has 1 aliphatic carbocycles. The van der Waals surface area contributed by atoms with Crippen LogP contribution in [0.1, 0.15) is 51.4 Å². The van der Waals surface area contributed by atoms with E-state index in [0.29, 0.717) is 12.1 Å². The molecule has 1 heterocycles. The summed E-state index contributed by atoms with van der Waals surface area (Å²) >= 11 is 0. The van der Waals surface area contributed by atoms with Crippen molar-refractivity contribution in [2.24, 2.45) is 4.99 Å². The second kappa shape index (κ2) is 14.9. The van der Waals surface area contributed by atoms with Crippen molar-refractivity contribution in [1.29, 1.82) is 0 Å². The molecule has 0 bridgehead atoms. The van der Waals surface area contributed by atoms with Crippen LogP contribution >= 0.6 is 24.0 Å². The van der Waals surface area contributed by atoms with Crippen LogP contribution in [0.3, 0.4) is 0 Å². The van der Waals surface area contributed by atoms with Gasteiger partial charge in [-0.05, 0) is 38.6 Å². The molecule has 2 rings (SSSR count). The van der Waals surface area contributed by atoms with Gasteiger partial charge in [-0.2, -0.15) is 0 Å². The zero-order valence-corrected chi connectivity index (χ0v) is 19.0. The van der Waals surface area contributed by atoms with Crippen LogP contribution < -0.4 is 10.6 Å². The molecule has 154 valence electrons. The quantitative estimate of drug-likeness (QED) is 0.217. The largest absolute Gasteiger partial charge is 0.383 e. The van der Waals surface area contributed by atoms with Crippen molar-refractivity contribution in [1.82, 2.24) is 15.5 Å². The second-order valence-electron chi connectivity index (χ2n) is 7.19. The number of ether oxygens (including phenoxy) is 2. The van der Waals surface area contributed by atoms with Crippen molar-refractivity contribution in [3.8, 4) is 0 Å². The highest BCUT2D eigenvalue weighted by atomic mass is 127. The molecule has 1 saturated carbocycles. The van der Waals surface area contributed by atoms with Gasteiger partial charge in [0.2, 0.25) is 0 Å². The van der Waals surface area contributed by atoms with E-state index in [0.717, 1.165) is 45.2 Å². The molecule has 7 heteroatoms. The highest BCUT2D eigenvalue weighted by molar-refractivity contribution is 14.0. The Labute approximate surface area is 176 Å². The number of hydrogen-bond donors (Lipinski definition) is 2. The van der Waals surface area contributed by atoms with E-state index >= 15 is 0 Å². The van der Waals surface area contributed by atoms with E-state index in [1.807, 2.05) is 7.05 Å². The Kier molecular flexibility index (Phi) is 13.7. The Hall–Kier alpha value is -0.120. The zero-order valence-electron chi connectivity index (χ0n) is 16.7. The highest BCUT2D eigenvalue weighted by Gasteiger charge is 2.23. The van der Waals surface area contributed by atoms with Crippen LogP contribution in [0.4, 0.5) is 0 Å². The molecule has 2 N–H and O–H groups in total. The third-order valence-corrected chi connectivity index (χ3v) is 5.33. The SMILES string of the molecule is CN=C(NCCCOC1CCCCC1)NCC1CCCN1CCOC.I. The van der Waals surface area contributed by atoms with Gasteiger partial charge in [-0.25, -0.2) is 0 Å². The third kappa shape index (κ3) is 9.19. The average molecular weight is 482 g/mol. The summed E-state index contributed by atoms with van der Waals surface area (Å²) in [7, 11) is 3.61. The Morgan fingerprint density at radius 2 is 1.88 bits per heavy atom. The maximum Gasteiger partial charge on any atom is 0.191 e. The normalized spacial score (nSPS) is 22.2. The second-order valence-corrected chi connectivity index (χ2v) is 7.19. The van der Waals surface area contributed by atoms with E-state index in [4.69, 9.17) is 9.47 Å². The molecule has 1 atom stereocenters. The molecular weight excluding hydrogens is 443 g/mol. The lowest BCUT2D eigenvalue weighted by Gasteiger charge is -2.25. The summed E-state index contributed by atoms with van der Waals surface area (Å²) in [4.78, 5) is 6.85. The number of hydrogen-bond acceptors (Lipinski definition) is 4. The van der Waals surface area contributed by atoms with E-state index in [1.54, 1.807) is 7.11 Å². The minimum atomic E-state index is 0. The van der Waals surface area contributed by atoms with Crippen LogP contribution in [0, 0.1) is 0 Å². The topological polar surface area (TPSA) is 58.1 Å². The first-order chi connectivity index (χ1) is 12.3. The van der Waals surface area contributed by atoms with Gasteiger partial charge in [-0.3, -0.25) is 9.89 Å². The maximum atomic E-state index is 5.97. The van der Waals surface area contributed by atoms with Gasteiger partial charge in [0.05, 0.1) is 12.7 Å². The number of halogens is 1. The van der Waals surface area contributed by atoms with Gasteiger partial charge in [-0.15, -0.1) is 24.0 Å². The molecule has 6 nitrogen and oxygen atoms in total. The molecule has 0 aromatic heterocycles. The summed E-state index contributed by atoms with van der Waals surface area (Å²) in [6.45, 7) is 5.71. The predicted molar refractivity (Wildman–Crippen MR) is 119 cm³/mol. The van der Waals surface area contributed by atoms with Crippen molar-refractivity contribution >= 4 is 29.9 Å². The molecule has 0 spiro atoms. The van der Waals surface area contributed by atoms with Crippen molar-refractivity contribution in [2.75, 3.05) is 53.6 Å². The molecule has 0 aromatic rings. The summed E-state index contributed by atoms with van der Waals surface area (Å²) in [5.74, 6) is 0.899. The maximum absolute atomic E-state index is 5.97. The molecule has 2 aliphatic rings. The van der Waals surface area contributed by atoms with Crippen LogP contribution in [0.5, 0.6) is 0 Å². The Morgan fingerprint density at radius 1 is 1.08 bits per heavy atom. The van der Waals surface area contributed by atoms with Gasteiger partial charge < -0.3 is 20.1 Å². The summed E-state index contributed by atoms with van der Waals surface area (Å²) in [6, 6.07) is 0.586. The smallest absolute Gasteiger partial charge is 0.191 e. The van der Waals surface area contributed by atoms with E-state index in [9.17, 15) is 0 Å². The molecule has 1 unspecified atom stereocenters. The lowest BCUT2D eigenvalue weighted by atomic mass is 9.98. The first kappa shape index (κ1) is 23.9. The molecule has 1 aliphatic heterocycles. The van der Waals surface area contributed by atoms with Gasteiger partial charge in [0.1, 0.15) is 0 Å². The molecule has 0 radical (unpaired) electrons. The molecule has 0 aromatic carbocycles. The standard InChI is InChI=1S/C19H38N4O2.HI/c1-20-19(21-11-7-14-25-18-9-4-3-5-10-18)22-16-17-8-6-12-23(17)13-15-24-2;/h17-18H,3-16H2,1-2H3,(H2,20,21,22);1H. The lowest BCUT2D eigenvalue weighted by molar-refractivity contribution is 0.0277. The molecule has 1 saturated heterocycles. The van der Waals surface area contributed by atoms with Gasteiger partial charge in [0.25, 0.3) is 0 Å². The zero-order chi connectivity index (χ0) is 17.7. The van der Waals surface area contributed by atoms with E-state index in [2.05, 4.69) is 20.5 Å². The summed E-state index contributed by atoms with van der Waals surface area (Å²) in [6.07, 6.45) is 10.6. The highest BCUT2D eigenvalue weighted by Crippen LogP contribution is 2.20. The number of nitrogens with one attached hydrogen (secondary N) is 2. The molecule has 26 heavy (non-hydrogen) atoms. The summed E-state index contributed by atoms with van der Waals surface area (Å²) < 4.78 is 11.2. The number of aliphatic imine (C=N–C) groups is 1. The van der Waals surface area contributed by atoms with Crippen LogP contribution in [-0.4, -0.2) is 76.6 Å². The number of nitrogens with zero attached hydrogens (tertiary/aromatic N) is 2. The van der Waals surface area contributed by atoms with Crippen LogP contribution in [0.25, 0.3) is 0 Å². The molecular formula is C19H39IN4O2. The fourth-order valence-electron chi connectivity index (χ4n) is 3.83. The van der Waals surface area contributed by atoms with Crippen molar-refractivity contribution < 1.29 is 9.47 Å². The van der Waals surface area contributed by atoms with Gasteiger partial charge in [-0.1, -0.05) is 19.3 Å². The molecule has 0 amide bonds. The first-order valence-electron chi connectivity index (χ1n) is 10.1. The monoisotopic (exact) mass is 482 g/mol. The summed E-state index contributed by atoms with van der Waals surface area (Å²) in [5.41, 5.74) is 0. The number of methoxy groups -OCH3 is 1. The lowest BCUT2D eigenvalue weighted by Crippen LogP contribution is -2.45. The van der Waals surface area contributed by atoms with Gasteiger partial charge in [0.15, 0.2) is 5.96 Å². The minimum Gasteiger partial charge on any atom is -0.383 e. The third-order valence-electron chi connectivity index (χ3n) is 5.33. The van der Waals surface area contributed by atoms with Crippen LogP contribution in [-0.2, 0) is 9.47 Å². The van der Waals surface area contributed by atoms with Crippen molar-refractivity contribution in [3.63, 3.8) is 0 Å². The fourth-order valence-corrected chi connectivity index (χ4v) is 3.83. The van der Waals surface area contributed by atoms with Crippen LogP contribution in [0.15, 0.2) is 4.99 Å². The van der Waals surface area contributed by atoms with Crippen LogP contribution in [0.2, 0.25) is 0 Å². The predicted octanol–water partition coefficient (Wildman–Crippen LogP) is 2.62. The Bertz CT molecular complexity index is 379. The van der Waals surface area contributed by atoms with Crippen molar-refractivity contribution in [2.45, 2.75) is 63.5 Å². The Morgan fingerprint density at radius 3 is 2.62 bits per heavy atom. The van der Waals surface area contributed by atoms with E-state index in [1.165, 1.54) is 51.5 Å². The molecule has 2 fully saturated rings. The van der Waals surface area contributed by atoms with E-state index < -0.39 is 0 Å².